The molecule has 0 aliphatic carbocycles. The average molecular weight is 617 g/mol. The van der Waals surface area contributed by atoms with Gasteiger partial charge in [-0.1, -0.05) is 6.07 Å². The minimum atomic E-state index is -5.13. The zero-order valence-electron chi connectivity index (χ0n) is 23.5. The largest absolute Gasteiger partial charge is 0.479 e. The van der Waals surface area contributed by atoms with Crippen molar-refractivity contribution in [3.63, 3.8) is 0 Å². The van der Waals surface area contributed by atoms with Crippen LogP contribution in [0.15, 0.2) is 58.4 Å². The van der Waals surface area contributed by atoms with E-state index in [1.54, 1.807) is 23.1 Å². The number of ether oxygens (including phenoxy) is 2. The van der Waals surface area contributed by atoms with E-state index in [1.165, 1.54) is 30.9 Å². The molecule has 1 saturated heterocycles. The molecule has 4 aromatic rings. The number of carbonyl (C=O) groups excluding carboxylic acids is 1. The number of nitrogens with zero attached hydrogens (tertiary/aromatic N) is 4. The third kappa shape index (κ3) is 6.04. The first-order valence-corrected chi connectivity index (χ1v) is 15.4. The molecule has 1 unspecified atom stereocenters. The number of methoxy groups -OCH3 is 1. The molecular formula is C28H30F2N6O6S. The maximum atomic E-state index is 14.5. The Hall–Kier alpha value is -4.47. The summed E-state index contributed by atoms with van der Waals surface area (Å²) in [7, 11) is -3.83. The molecule has 4 N–H and O–H groups in total. The molecule has 1 fully saturated rings. The van der Waals surface area contributed by atoms with Crippen LogP contribution in [0, 0.1) is 11.6 Å². The molecule has 0 radical (unpaired) electrons. The van der Waals surface area contributed by atoms with E-state index < -0.39 is 37.7 Å². The number of anilines is 2. The summed E-state index contributed by atoms with van der Waals surface area (Å²) < 4.78 is 67.5. The van der Waals surface area contributed by atoms with E-state index in [0.29, 0.717) is 42.4 Å². The number of hydrogen-bond donors (Lipinski definition) is 3. The summed E-state index contributed by atoms with van der Waals surface area (Å²) >= 11 is 0. The Bertz CT molecular complexity index is 1880. The lowest BCUT2D eigenvalue weighted by atomic mass is 10.0. The number of nitrogen functional groups attached to an aromatic ring is 1. The highest BCUT2D eigenvalue weighted by molar-refractivity contribution is 8.15. The van der Waals surface area contributed by atoms with Crippen LogP contribution in [0.1, 0.15) is 6.92 Å². The second-order valence-electron chi connectivity index (χ2n) is 10.3. The summed E-state index contributed by atoms with van der Waals surface area (Å²) in [6.07, 6.45) is 1.87. The van der Waals surface area contributed by atoms with Crippen molar-refractivity contribution in [3.05, 3.63) is 70.6 Å². The third-order valence-corrected chi connectivity index (χ3v) is 9.16. The second kappa shape index (κ2) is 11.0. The minimum absolute atomic E-state index is 0.00809. The molecule has 0 saturated carbocycles. The SMILES string of the molecule is COc1ncc(-c2ccc3nc(N)n(CC4CN(C(C)=O)CCO4)c(=O)c3c2)cc1NS(C)(=O)(O)c1ccc(F)cc1F. The van der Waals surface area contributed by atoms with E-state index in [9.17, 15) is 27.1 Å². The zero-order chi connectivity index (χ0) is 31.1. The molecule has 1 atom stereocenters. The van der Waals surface area contributed by atoms with Gasteiger partial charge in [-0.05, 0) is 35.9 Å². The van der Waals surface area contributed by atoms with Gasteiger partial charge in [-0.3, -0.25) is 23.4 Å². The fourth-order valence-electron chi connectivity index (χ4n) is 4.94. The Kier molecular flexibility index (Phi) is 7.66. The molecule has 15 heteroatoms. The fourth-order valence-corrected chi connectivity index (χ4v) is 6.62. The van der Waals surface area contributed by atoms with Crippen LogP contribution in [-0.4, -0.2) is 73.3 Å². The number of hydrogen-bond acceptors (Lipinski definition) is 8. The van der Waals surface area contributed by atoms with Gasteiger partial charge in [-0.2, -0.15) is 4.21 Å². The minimum Gasteiger partial charge on any atom is -0.479 e. The van der Waals surface area contributed by atoms with Gasteiger partial charge in [0.15, 0.2) is 0 Å². The van der Waals surface area contributed by atoms with Crippen molar-refractivity contribution in [2.24, 2.45) is 0 Å². The van der Waals surface area contributed by atoms with Crippen molar-refractivity contribution in [1.29, 1.82) is 0 Å². The predicted octanol–water partition coefficient (Wildman–Crippen LogP) is 2.88. The molecule has 1 amide bonds. The molecule has 0 bridgehead atoms. The summed E-state index contributed by atoms with van der Waals surface area (Å²) in [5.74, 6) is -2.27. The standard InChI is InChI=1S/C28H30F2N6O6S/c1-16(37)35-8-9-42-20(14-35)15-36-27(38)21-10-17(4-6-23(21)33-28(36)31)18-11-24(26(41-2)32-13-18)34-43(3,39,40)25-7-5-19(29)12-22(25)30/h4-7,10-13,20H,8-9,14-15H2,1-3H3,(H2,31,33)(H2,34,39,40). The normalized spacial score (nSPS) is 16.5. The molecule has 43 heavy (non-hydrogen) atoms. The maximum absolute atomic E-state index is 14.5. The number of aromatic nitrogens is 3. The number of benzene rings is 2. The van der Waals surface area contributed by atoms with Crippen molar-refractivity contribution < 1.29 is 31.8 Å². The van der Waals surface area contributed by atoms with Crippen LogP contribution in [0.3, 0.4) is 0 Å². The number of carbonyl (C=O) groups is 1. The molecule has 12 nitrogen and oxygen atoms in total. The molecule has 228 valence electrons. The zero-order valence-corrected chi connectivity index (χ0v) is 24.4. The van der Waals surface area contributed by atoms with E-state index in [0.717, 1.165) is 18.4 Å². The summed E-state index contributed by atoms with van der Waals surface area (Å²) in [6.45, 7) is 2.66. The second-order valence-corrected chi connectivity index (χ2v) is 13.5. The highest BCUT2D eigenvalue weighted by atomic mass is 32.3. The number of nitrogens with one attached hydrogen (secondary N) is 1. The van der Waals surface area contributed by atoms with Crippen molar-refractivity contribution >= 4 is 38.0 Å². The molecule has 3 heterocycles. The first-order chi connectivity index (χ1) is 20.2. The van der Waals surface area contributed by atoms with Crippen molar-refractivity contribution in [2.45, 2.75) is 24.5 Å². The van der Waals surface area contributed by atoms with Gasteiger partial charge in [0.05, 0.1) is 37.3 Å². The van der Waals surface area contributed by atoms with Gasteiger partial charge < -0.3 is 20.1 Å². The van der Waals surface area contributed by atoms with E-state index in [1.807, 2.05) is 0 Å². The lowest BCUT2D eigenvalue weighted by Crippen LogP contribution is -2.47. The number of nitrogens with two attached hydrogens (primary N) is 1. The molecule has 5 rings (SSSR count). The number of amides is 1. The van der Waals surface area contributed by atoms with Crippen LogP contribution in [0.2, 0.25) is 0 Å². The van der Waals surface area contributed by atoms with Gasteiger partial charge in [0, 0.05) is 44.1 Å². The molecule has 1 aliphatic rings. The van der Waals surface area contributed by atoms with Gasteiger partial charge in [0.2, 0.25) is 17.7 Å². The van der Waals surface area contributed by atoms with E-state index >= 15 is 0 Å². The lowest BCUT2D eigenvalue weighted by Gasteiger charge is -2.40. The van der Waals surface area contributed by atoms with E-state index in [-0.39, 0.29) is 35.4 Å². The summed E-state index contributed by atoms with van der Waals surface area (Å²) in [5.41, 5.74) is 6.91. The van der Waals surface area contributed by atoms with Crippen LogP contribution < -0.4 is 20.8 Å². The Morgan fingerprint density at radius 3 is 2.70 bits per heavy atom. The van der Waals surface area contributed by atoms with Crippen LogP contribution in [-0.2, 0) is 25.6 Å². The number of halogens is 2. The highest BCUT2D eigenvalue weighted by Gasteiger charge is 2.30. The topological polar surface area (TPSA) is 162 Å². The van der Waals surface area contributed by atoms with Gasteiger partial charge in [0.1, 0.15) is 22.2 Å². The Labute approximate surface area is 244 Å². The lowest BCUT2D eigenvalue weighted by molar-refractivity contribution is -0.136. The summed E-state index contributed by atoms with van der Waals surface area (Å²) in [6, 6.07) is 8.58. The van der Waals surface area contributed by atoms with Gasteiger partial charge >= 0.3 is 0 Å². The fraction of sp³-hybridized carbons (Fsp3) is 0.286. The number of morpholine rings is 1. The first-order valence-electron chi connectivity index (χ1n) is 13.1. The number of pyridine rings is 1. The quantitative estimate of drug-likeness (QED) is 0.284. The van der Waals surface area contributed by atoms with Crippen LogP contribution in [0.5, 0.6) is 5.88 Å². The van der Waals surface area contributed by atoms with Gasteiger partial charge in [-0.25, -0.2) is 18.7 Å². The van der Waals surface area contributed by atoms with Gasteiger partial charge in [0.25, 0.3) is 5.56 Å². The van der Waals surface area contributed by atoms with Gasteiger partial charge in [-0.15, -0.1) is 9.53 Å². The smallest absolute Gasteiger partial charge is 0.262 e. The highest BCUT2D eigenvalue weighted by Crippen LogP contribution is 2.37. The Morgan fingerprint density at radius 1 is 1.23 bits per heavy atom. The Morgan fingerprint density at radius 2 is 2.00 bits per heavy atom. The molecule has 2 aromatic heterocycles. The van der Waals surface area contributed by atoms with Crippen LogP contribution >= 0.6 is 0 Å². The van der Waals surface area contributed by atoms with Crippen molar-refractivity contribution in [1.82, 2.24) is 19.4 Å². The van der Waals surface area contributed by atoms with Crippen molar-refractivity contribution in [2.75, 3.05) is 43.5 Å². The number of rotatable bonds is 7. The van der Waals surface area contributed by atoms with E-state index in [4.69, 9.17) is 15.2 Å². The monoisotopic (exact) mass is 616 g/mol. The van der Waals surface area contributed by atoms with Crippen LogP contribution in [0.25, 0.3) is 22.0 Å². The van der Waals surface area contributed by atoms with Crippen molar-refractivity contribution in [3.8, 4) is 17.0 Å². The molecule has 2 aromatic carbocycles. The summed E-state index contributed by atoms with van der Waals surface area (Å²) in [5, 5.41) is 0.240. The third-order valence-electron chi connectivity index (χ3n) is 7.09. The maximum Gasteiger partial charge on any atom is 0.262 e. The van der Waals surface area contributed by atoms with Crippen LogP contribution in [0.4, 0.5) is 20.4 Å². The predicted molar refractivity (Wildman–Crippen MR) is 157 cm³/mol. The molecular weight excluding hydrogens is 586 g/mol. The first kappa shape index (κ1) is 30.0. The number of fused-ring (bicyclic) bond motifs is 1. The summed E-state index contributed by atoms with van der Waals surface area (Å²) in [4.78, 5) is 35.0. The molecule has 1 aliphatic heterocycles. The average Bonchev–Trinajstić information content (AvgIpc) is 2.94. The molecule has 0 spiro atoms. The Balaban J connectivity index is 1.52. The van der Waals surface area contributed by atoms with E-state index in [2.05, 4.69) is 14.7 Å².